The average Bonchev–Trinajstić information content (AvgIpc) is 2.58. The van der Waals surface area contributed by atoms with Gasteiger partial charge in [0.2, 0.25) is 0 Å². The molecule has 9 heavy (non-hydrogen) atoms. The highest BCUT2D eigenvalue weighted by molar-refractivity contribution is 5.20. The highest BCUT2D eigenvalue weighted by atomic mass is 14.4. The molecular weight excluding hydrogens is 108 g/mol. The summed E-state index contributed by atoms with van der Waals surface area (Å²) >= 11 is 0. The maximum absolute atomic E-state index is 3.34. The van der Waals surface area contributed by atoms with Gasteiger partial charge in [-0.3, -0.25) is 0 Å². The average molecular weight is 120 g/mol. The second-order valence-electron chi connectivity index (χ2n) is 3.60. The molecule has 2 aliphatic carbocycles. The SMILES string of the molecule is CC1(C#CC2CC2)CC1. The fourth-order valence-corrected chi connectivity index (χ4v) is 0.816. The molecule has 0 saturated heterocycles. The molecule has 0 radical (unpaired) electrons. The van der Waals surface area contributed by atoms with Crippen LogP contribution in [0.15, 0.2) is 0 Å². The molecular formula is C9H12. The quantitative estimate of drug-likeness (QED) is 0.430. The van der Waals surface area contributed by atoms with Crippen LogP contribution < -0.4 is 0 Å². The van der Waals surface area contributed by atoms with Crippen LogP contribution >= 0.6 is 0 Å². The van der Waals surface area contributed by atoms with E-state index in [9.17, 15) is 0 Å². The lowest BCUT2D eigenvalue weighted by atomic mass is 10.1. The van der Waals surface area contributed by atoms with Gasteiger partial charge >= 0.3 is 0 Å². The Morgan fingerprint density at radius 1 is 1.33 bits per heavy atom. The van der Waals surface area contributed by atoms with Crippen molar-refractivity contribution >= 4 is 0 Å². The molecule has 0 aliphatic heterocycles. The Hall–Kier alpha value is -0.440. The van der Waals surface area contributed by atoms with Crippen LogP contribution in [0.1, 0.15) is 32.6 Å². The molecule has 0 atom stereocenters. The van der Waals surface area contributed by atoms with Crippen LogP contribution in [0.4, 0.5) is 0 Å². The maximum atomic E-state index is 3.34. The molecule has 0 spiro atoms. The van der Waals surface area contributed by atoms with Gasteiger partial charge in [0.1, 0.15) is 0 Å². The number of rotatable bonds is 0. The van der Waals surface area contributed by atoms with E-state index in [1.54, 1.807) is 0 Å². The van der Waals surface area contributed by atoms with Gasteiger partial charge in [0.05, 0.1) is 0 Å². The largest absolute Gasteiger partial charge is 0.0993 e. The van der Waals surface area contributed by atoms with Crippen molar-refractivity contribution in [1.29, 1.82) is 0 Å². The number of hydrogen-bond acceptors (Lipinski definition) is 0. The van der Waals surface area contributed by atoms with Crippen molar-refractivity contribution in [3.63, 3.8) is 0 Å². The molecule has 0 heterocycles. The third-order valence-corrected chi connectivity index (χ3v) is 2.16. The first-order chi connectivity index (χ1) is 4.29. The highest BCUT2D eigenvalue weighted by Gasteiger charge is 2.35. The normalized spacial score (nSPS) is 28.6. The molecule has 0 aromatic carbocycles. The summed E-state index contributed by atoms with van der Waals surface area (Å²) in [4.78, 5) is 0. The first-order valence-electron chi connectivity index (χ1n) is 3.81. The predicted molar refractivity (Wildman–Crippen MR) is 37.8 cm³/mol. The Bertz CT molecular complexity index is 172. The van der Waals surface area contributed by atoms with E-state index in [4.69, 9.17) is 0 Å². The minimum absolute atomic E-state index is 0.461. The summed E-state index contributed by atoms with van der Waals surface area (Å²) in [6.45, 7) is 2.27. The van der Waals surface area contributed by atoms with Crippen LogP contribution in [-0.2, 0) is 0 Å². The Labute approximate surface area is 56.6 Å². The Morgan fingerprint density at radius 3 is 2.44 bits per heavy atom. The minimum Gasteiger partial charge on any atom is -0.0993 e. The summed E-state index contributed by atoms with van der Waals surface area (Å²) in [5.74, 6) is 7.45. The zero-order valence-corrected chi connectivity index (χ0v) is 5.91. The van der Waals surface area contributed by atoms with E-state index in [0.29, 0.717) is 5.41 Å². The van der Waals surface area contributed by atoms with Crippen molar-refractivity contribution in [2.75, 3.05) is 0 Å². The summed E-state index contributed by atoms with van der Waals surface area (Å²) in [6.07, 6.45) is 5.41. The van der Waals surface area contributed by atoms with Crippen molar-refractivity contribution < 1.29 is 0 Å². The number of hydrogen-bond donors (Lipinski definition) is 0. The topological polar surface area (TPSA) is 0 Å². The third kappa shape index (κ3) is 1.27. The second-order valence-corrected chi connectivity index (χ2v) is 3.60. The van der Waals surface area contributed by atoms with Crippen LogP contribution in [0.25, 0.3) is 0 Å². The van der Waals surface area contributed by atoms with Gasteiger partial charge in [0.25, 0.3) is 0 Å². The van der Waals surface area contributed by atoms with Gasteiger partial charge in [0.15, 0.2) is 0 Å². The molecule has 0 aromatic rings. The zero-order valence-electron chi connectivity index (χ0n) is 5.91. The van der Waals surface area contributed by atoms with Crippen LogP contribution in [0.3, 0.4) is 0 Å². The van der Waals surface area contributed by atoms with E-state index >= 15 is 0 Å². The summed E-state index contributed by atoms with van der Waals surface area (Å²) < 4.78 is 0. The lowest BCUT2D eigenvalue weighted by Crippen LogP contribution is -1.84. The molecule has 0 aromatic heterocycles. The Kier molecular flexibility index (Phi) is 0.913. The second kappa shape index (κ2) is 1.53. The molecule has 0 unspecified atom stereocenters. The highest BCUT2D eigenvalue weighted by Crippen LogP contribution is 2.44. The summed E-state index contributed by atoms with van der Waals surface area (Å²) in [5, 5.41) is 0. The van der Waals surface area contributed by atoms with Gasteiger partial charge in [-0.2, -0.15) is 0 Å². The summed E-state index contributed by atoms with van der Waals surface area (Å²) in [7, 11) is 0. The van der Waals surface area contributed by atoms with E-state index in [1.165, 1.54) is 25.7 Å². The molecule has 0 heteroatoms. The van der Waals surface area contributed by atoms with Crippen LogP contribution in [0, 0.1) is 23.2 Å². The van der Waals surface area contributed by atoms with Gasteiger partial charge in [0, 0.05) is 11.3 Å². The summed E-state index contributed by atoms with van der Waals surface area (Å²) in [5.41, 5.74) is 0.461. The van der Waals surface area contributed by atoms with Gasteiger partial charge in [-0.15, -0.1) is 0 Å². The third-order valence-electron chi connectivity index (χ3n) is 2.16. The van der Waals surface area contributed by atoms with Gasteiger partial charge in [-0.05, 0) is 32.6 Å². The van der Waals surface area contributed by atoms with Crippen LogP contribution in [0.5, 0.6) is 0 Å². The maximum Gasteiger partial charge on any atom is 0.0287 e. The van der Waals surface area contributed by atoms with Crippen molar-refractivity contribution in [2.45, 2.75) is 32.6 Å². The van der Waals surface area contributed by atoms with Crippen molar-refractivity contribution in [1.82, 2.24) is 0 Å². The van der Waals surface area contributed by atoms with Gasteiger partial charge < -0.3 is 0 Å². The Balaban J connectivity index is 1.94. The summed E-state index contributed by atoms with van der Waals surface area (Å²) in [6, 6.07) is 0. The predicted octanol–water partition coefficient (Wildman–Crippen LogP) is 2.20. The molecule has 0 amide bonds. The first kappa shape index (κ1) is 5.35. The standard InChI is InChI=1S/C9H12/c1-9(6-7-9)5-4-8-2-3-8/h8H,2-3,6-7H2,1H3. The fourth-order valence-electron chi connectivity index (χ4n) is 0.816. The van der Waals surface area contributed by atoms with Gasteiger partial charge in [-0.25, -0.2) is 0 Å². The van der Waals surface area contributed by atoms with Crippen molar-refractivity contribution in [3.8, 4) is 11.8 Å². The van der Waals surface area contributed by atoms with E-state index < -0.39 is 0 Å². The van der Waals surface area contributed by atoms with E-state index in [0.717, 1.165) is 5.92 Å². The van der Waals surface area contributed by atoms with Crippen LogP contribution in [0.2, 0.25) is 0 Å². The van der Waals surface area contributed by atoms with Crippen molar-refractivity contribution in [2.24, 2.45) is 11.3 Å². The van der Waals surface area contributed by atoms with E-state index in [2.05, 4.69) is 18.8 Å². The molecule has 0 bridgehead atoms. The molecule has 2 aliphatic rings. The Morgan fingerprint density at radius 2 is 2.00 bits per heavy atom. The monoisotopic (exact) mass is 120 g/mol. The lowest BCUT2D eigenvalue weighted by molar-refractivity contribution is 0.780. The van der Waals surface area contributed by atoms with Crippen LogP contribution in [-0.4, -0.2) is 0 Å². The van der Waals surface area contributed by atoms with Crippen molar-refractivity contribution in [3.05, 3.63) is 0 Å². The molecule has 0 nitrogen and oxygen atoms in total. The van der Waals surface area contributed by atoms with E-state index in [1.807, 2.05) is 0 Å². The molecule has 0 N–H and O–H groups in total. The molecule has 48 valence electrons. The smallest absolute Gasteiger partial charge is 0.0287 e. The fraction of sp³-hybridized carbons (Fsp3) is 0.778. The molecule has 2 fully saturated rings. The first-order valence-corrected chi connectivity index (χ1v) is 3.81. The van der Waals surface area contributed by atoms with E-state index in [-0.39, 0.29) is 0 Å². The molecule has 2 saturated carbocycles. The lowest BCUT2D eigenvalue weighted by Gasteiger charge is -1.90. The molecule has 2 rings (SSSR count). The van der Waals surface area contributed by atoms with Gasteiger partial charge in [-0.1, -0.05) is 11.8 Å². The zero-order chi connectivity index (χ0) is 6.32. The minimum atomic E-state index is 0.461.